The van der Waals surface area contributed by atoms with Crippen molar-refractivity contribution in [1.82, 2.24) is 28.0 Å². The molecule has 0 saturated carbocycles. The molecule has 4 aromatic rings. The summed E-state index contributed by atoms with van der Waals surface area (Å²) in [6.07, 6.45) is 1.84. The SMILES string of the molecule is Cc1cn2c3c(=O)n(CC(=O)OCc4ccccc4)c(=O)n(C)c3nc2n1CCN1CCOCC1. The normalized spacial score (nSPS) is 14.7. The van der Waals surface area contributed by atoms with Gasteiger partial charge in [0.25, 0.3) is 5.56 Å². The summed E-state index contributed by atoms with van der Waals surface area (Å²) in [7, 11) is 1.55. The predicted octanol–water partition coefficient (Wildman–Crippen LogP) is 0.533. The van der Waals surface area contributed by atoms with Gasteiger partial charge in [-0.3, -0.25) is 23.5 Å². The van der Waals surface area contributed by atoms with Crippen molar-refractivity contribution in [1.29, 1.82) is 0 Å². The second-order valence-corrected chi connectivity index (χ2v) is 8.71. The maximum absolute atomic E-state index is 13.4. The maximum atomic E-state index is 13.4. The fourth-order valence-corrected chi connectivity index (χ4v) is 4.45. The summed E-state index contributed by atoms with van der Waals surface area (Å²) in [5.41, 5.74) is 1.12. The molecule has 1 saturated heterocycles. The van der Waals surface area contributed by atoms with E-state index in [1.807, 2.05) is 48.0 Å². The fourth-order valence-electron chi connectivity index (χ4n) is 4.45. The summed E-state index contributed by atoms with van der Waals surface area (Å²) in [5, 5.41) is 0. The van der Waals surface area contributed by atoms with Gasteiger partial charge in [0.1, 0.15) is 13.2 Å². The minimum absolute atomic E-state index is 0.0686. The van der Waals surface area contributed by atoms with Gasteiger partial charge in [0.05, 0.1) is 13.2 Å². The van der Waals surface area contributed by atoms with Gasteiger partial charge in [-0.1, -0.05) is 30.3 Å². The van der Waals surface area contributed by atoms with E-state index in [4.69, 9.17) is 9.47 Å². The molecule has 184 valence electrons. The van der Waals surface area contributed by atoms with Crippen LogP contribution in [0.15, 0.2) is 46.1 Å². The molecule has 1 fully saturated rings. The van der Waals surface area contributed by atoms with Crippen molar-refractivity contribution in [2.24, 2.45) is 7.05 Å². The first kappa shape index (κ1) is 23.1. The first-order chi connectivity index (χ1) is 16.9. The number of hydrogen-bond donors (Lipinski definition) is 0. The van der Waals surface area contributed by atoms with Gasteiger partial charge < -0.3 is 14.0 Å². The van der Waals surface area contributed by atoms with Crippen molar-refractivity contribution in [3.05, 3.63) is 68.6 Å². The van der Waals surface area contributed by atoms with Crippen LogP contribution in [0.2, 0.25) is 0 Å². The van der Waals surface area contributed by atoms with Crippen LogP contribution in [0.3, 0.4) is 0 Å². The maximum Gasteiger partial charge on any atom is 0.333 e. The van der Waals surface area contributed by atoms with Crippen LogP contribution < -0.4 is 11.2 Å². The Labute approximate surface area is 200 Å². The molecule has 0 N–H and O–H groups in total. The number of aryl methyl sites for hydroxylation is 2. The van der Waals surface area contributed by atoms with E-state index in [0.717, 1.165) is 48.7 Å². The molecule has 5 rings (SSSR count). The van der Waals surface area contributed by atoms with Crippen LogP contribution in [0.1, 0.15) is 11.3 Å². The zero-order chi connectivity index (χ0) is 24.5. The van der Waals surface area contributed by atoms with Crippen molar-refractivity contribution in [2.75, 3.05) is 32.8 Å². The van der Waals surface area contributed by atoms with Gasteiger partial charge in [-0.2, -0.15) is 4.98 Å². The third kappa shape index (κ3) is 4.40. The van der Waals surface area contributed by atoms with Gasteiger partial charge in [0.15, 0.2) is 11.2 Å². The highest BCUT2D eigenvalue weighted by Crippen LogP contribution is 2.16. The molecule has 4 heterocycles. The number of fused-ring (bicyclic) bond motifs is 3. The highest BCUT2D eigenvalue weighted by atomic mass is 16.5. The average Bonchev–Trinajstić information content (AvgIpc) is 3.39. The third-order valence-electron chi connectivity index (χ3n) is 6.41. The molecule has 0 radical (unpaired) electrons. The second-order valence-electron chi connectivity index (χ2n) is 8.71. The van der Waals surface area contributed by atoms with Gasteiger partial charge in [-0.25, -0.2) is 9.36 Å². The summed E-state index contributed by atoms with van der Waals surface area (Å²) < 4.78 is 16.7. The number of benzene rings is 1. The minimum atomic E-state index is -0.660. The molecular formula is C24H28N6O5. The van der Waals surface area contributed by atoms with Gasteiger partial charge in [-0.05, 0) is 12.5 Å². The van der Waals surface area contributed by atoms with Crippen LogP contribution in [0.25, 0.3) is 16.9 Å². The van der Waals surface area contributed by atoms with Crippen LogP contribution in [0.5, 0.6) is 0 Å². The zero-order valence-electron chi connectivity index (χ0n) is 19.8. The lowest BCUT2D eigenvalue weighted by atomic mass is 10.2. The Hall–Kier alpha value is -3.70. The van der Waals surface area contributed by atoms with Crippen molar-refractivity contribution >= 4 is 22.9 Å². The largest absolute Gasteiger partial charge is 0.459 e. The van der Waals surface area contributed by atoms with Gasteiger partial charge in [0, 0.05) is 45.1 Å². The number of carbonyl (C=O) groups is 1. The summed E-state index contributed by atoms with van der Waals surface area (Å²) >= 11 is 0. The molecule has 11 nitrogen and oxygen atoms in total. The number of imidazole rings is 2. The molecule has 1 aliphatic rings. The first-order valence-electron chi connectivity index (χ1n) is 11.6. The van der Waals surface area contributed by atoms with Gasteiger partial charge in [0.2, 0.25) is 5.78 Å². The van der Waals surface area contributed by atoms with E-state index in [2.05, 4.69) is 9.88 Å². The molecule has 0 spiro atoms. The molecular weight excluding hydrogens is 452 g/mol. The Balaban J connectivity index is 1.45. The standard InChI is InChI=1S/C24H28N6O5/c1-17-14-29-20-21(25-23(29)28(17)9-8-27-10-12-34-13-11-27)26(2)24(33)30(22(20)32)15-19(31)35-16-18-6-4-3-5-7-18/h3-7,14H,8-13,15-16H2,1-2H3. The van der Waals surface area contributed by atoms with Crippen molar-refractivity contribution in [3.63, 3.8) is 0 Å². The van der Waals surface area contributed by atoms with Crippen LogP contribution >= 0.6 is 0 Å². The Morgan fingerprint density at radius 3 is 2.57 bits per heavy atom. The van der Waals surface area contributed by atoms with E-state index >= 15 is 0 Å². The monoisotopic (exact) mass is 480 g/mol. The van der Waals surface area contributed by atoms with E-state index in [-0.39, 0.29) is 17.8 Å². The highest BCUT2D eigenvalue weighted by molar-refractivity contribution is 5.76. The van der Waals surface area contributed by atoms with E-state index in [1.54, 1.807) is 11.4 Å². The van der Waals surface area contributed by atoms with Crippen molar-refractivity contribution in [3.8, 4) is 0 Å². The summed E-state index contributed by atoms with van der Waals surface area (Å²) in [5.74, 6) is -0.0744. The number of nitrogens with zero attached hydrogens (tertiary/aromatic N) is 6. The molecule has 0 aliphatic carbocycles. The second kappa shape index (κ2) is 9.51. The zero-order valence-corrected chi connectivity index (χ0v) is 19.8. The molecule has 3 aromatic heterocycles. The Morgan fingerprint density at radius 1 is 1.09 bits per heavy atom. The van der Waals surface area contributed by atoms with E-state index in [9.17, 15) is 14.4 Å². The quantitative estimate of drug-likeness (QED) is 0.356. The molecule has 0 atom stereocenters. The van der Waals surface area contributed by atoms with E-state index in [1.165, 1.54) is 4.57 Å². The molecule has 1 aliphatic heterocycles. The van der Waals surface area contributed by atoms with Crippen molar-refractivity contribution < 1.29 is 14.3 Å². The topological polar surface area (TPSA) is 105 Å². The fraction of sp³-hybridized carbons (Fsp3) is 0.417. The van der Waals surface area contributed by atoms with Gasteiger partial charge in [-0.15, -0.1) is 0 Å². The molecule has 0 unspecified atom stereocenters. The lowest BCUT2D eigenvalue weighted by Crippen LogP contribution is -2.41. The minimum Gasteiger partial charge on any atom is -0.459 e. The summed E-state index contributed by atoms with van der Waals surface area (Å²) in [6, 6.07) is 9.22. The Morgan fingerprint density at radius 2 is 1.83 bits per heavy atom. The van der Waals surface area contributed by atoms with Crippen LogP contribution in [0.4, 0.5) is 0 Å². The summed E-state index contributed by atoms with van der Waals surface area (Å²) in [6.45, 7) is 6.29. The molecule has 11 heteroatoms. The predicted molar refractivity (Wildman–Crippen MR) is 128 cm³/mol. The summed E-state index contributed by atoms with van der Waals surface area (Å²) in [4.78, 5) is 45.7. The number of carbonyl (C=O) groups excluding carboxylic acids is 1. The molecule has 0 amide bonds. The third-order valence-corrected chi connectivity index (χ3v) is 6.41. The van der Waals surface area contributed by atoms with Crippen LogP contribution in [-0.4, -0.2) is 66.8 Å². The number of esters is 1. The average molecular weight is 481 g/mol. The molecule has 0 bridgehead atoms. The van der Waals surface area contributed by atoms with Crippen LogP contribution in [-0.2, 0) is 41.0 Å². The van der Waals surface area contributed by atoms with E-state index in [0.29, 0.717) is 12.3 Å². The van der Waals surface area contributed by atoms with E-state index < -0.39 is 23.8 Å². The number of ether oxygens (including phenoxy) is 2. The highest BCUT2D eigenvalue weighted by Gasteiger charge is 2.22. The van der Waals surface area contributed by atoms with Gasteiger partial charge >= 0.3 is 11.7 Å². The number of hydrogen-bond acceptors (Lipinski definition) is 7. The smallest absolute Gasteiger partial charge is 0.333 e. The Bertz CT molecular complexity index is 1490. The number of rotatable bonds is 7. The molecule has 1 aromatic carbocycles. The lowest BCUT2D eigenvalue weighted by Gasteiger charge is -2.26. The molecule has 35 heavy (non-hydrogen) atoms. The Kier molecular flexibility index (Phi) is 6.27. The number of morpholine rings is 1. The number of aromatic nitrogens is 5. The first-order valence-corrected chi connectivity index (χ1v) is 11.6. The lowest BCUT2D eigenvalue weighted by molar-refractivity contribution is -0.145. The van der Waals surface area contributed by atoms with Crippen LogP contribution in [0, 0.1) is 6.92 Å². The van der Waals surface area contributed by atoms with Crippen molar-refractivity contribution in [2.45, 2.75) is 26.6 Å².